The van der Waals surface area contributed by atoms with Gasteiger partial charge in [-0.15, -0.1) is 0 Å². The van der Waals surface area contributed by atoms with E-state index >= 15 is 0 Å². The molecule has 1 fully saturated rings. The Kier molecular flexibility index (Phi) is 12.9. The highest BCUT2D eigenvalue weighted by Crippen LogP contribution is 2.13. The van der Waals surface area contributed by atoms with Crippen LogP contribution in [0.4, 0.5) is 0 Å². The molecule has 0 bridgehead atoms. The van der Waals surface area contributed by atoms with E-state index < -0.39 is 32.0 Å². The number of hydrogen-bond donors (Lipinski definition) is 2. The lowest BCUT2D eigenvalue weighted by Gasteiger charge is -2.34. The van der Waals surface area contributed by atoms with Gasteiger partial charge in [0.25, 0.3) is 0 Å². The zero-order chi connectivity index (χ0) is 30.6. The lowest BCUT2D eigenvalue weighted by molar-refractivity contribution is 0.0516. The van der Waals surface area contributed by atoms with Crippen molar-refractivity contribution in [3.05, 3.63) is 59.7 Å². The molecule has 0 saturated carbocycles. The summed E-state index contributed by atoms with van der Waals surface area (Å²) in [4.78, 5) is 28.2. The molecule has 0 radical (unpaired) electrons. The van der Waals surface area contributed by atoms with Crippen molar-refractivity contribution >= 4 is 32.0 Å². The number of ether oxygens (including phenoxy) is 2. The zero-order valence-electron chi connectivity index (χ0n) is 24.1. The maximum Gasteiger partial charge on any atom is 0.338 e. The van der Waals surface area contributed by atoms with E-state index in [1.807, 2.05) is 0 Å². The van der Waals surface area contributed by atoms with E-state index in [1.54, 1.807) is 13.8 Å². The Morgan fingerprint density at radius 2 is 0.976 bits per heavy atom. The van der Waals surface area contributed by atoms with E-state index in [-0.39, 0.29) is 23.0 Å². The fourth-order valence-electron chi connectivity index (χ4n) is 4.39. The minimum atomic E-state index is -3.67. The molecule has 2 aromatic rings. The van der Waals surface area contributed by atoms with Gasteiger partial charge in [0.2, 0.25) is 20.0 Å². The predicted octanol–water partition coefficient (Wildman–Crippen LogP) is 1.69. The number of piperazine rings is 1. The number of rotatable bonds is 16. The van der Waals surface area contributed by atoms with Gasteiger partial charge in [-0.3, -0.25) is 0 Å². The lowest BCUT2D eigenvalue weighted by atomic mass is 10.2. The average Bonchev–Trinajstić information content (AvgIpc) is 2.98. The van der Waals surface area contributed by atoms with Crippen molar-refractivity contribution in [2.75, 3.05) is 65.6 Å². The van der Waals surface area contributed by atoms with Gasteiger partial charge in [-0.05, 0) is 88.3 Å². The largest absolute Gasteiger partial charge is 0.462 e. The van der Waals surface area contributed by atoms with Gasteiger partial charge in [0.15, 0.2) is 0 Å². The van der Waals surface area contributed by atoms with Crippen LogP contribution in [0.1, 0.15) is 47.4 Å². The highest BCUT2D eigenvalue weighted by molar-refractivity contribution is 7.89. The van der Waals surface area contributed by atoms with Gasteiger partial charge in [0, 0.05) is 39.3 Å². The van der Waals surface area contributed by atoms with Gasteiger partial charge in [0.05, 0.1) is 34.1 Å². The molecule has 12 nitrogen and oxygen atoms in total. The van der Waals surface area contributed by atoms with Gasteiger partial charge in [-0.1, -0.05) is 0 Å². The maximum absolute atomic E-state index is 12.6. The summed E-state index contributed by atoms with van der Waals surface area (Å²) in [5.41, 5.74) is 0.603. The number of nitrogens with one attached hydrogen (secondary N) is 2. The van der Waals surface area contributed by atoms with Crippen LogP contribution in [-0.4, -0.2) is 104 Å². The SMILES string of the molecule is CCOC(=O)c1ccc(S(=O)(=O)NCCCN2CCN(CCCNS(=O)(=O)c3ccc(C(=O)OCC)cc3)CC2)cc1. The molecule has 14 heteroatoms. The molecule has 3 rings (SSSR count). The third kappa shape index (κ3) is 10.1. The minimum absolute atomic E-state index is 0.0957. The van der Waals surface area contributed by atoms with Crippen LogP contribution < -0.4 is 9.44 Å². The van der Waals surface area contributed by atoms with Gasteiger partial charge in [-0.2, -0.15) is 0 Å². The molecule has 0 spiro atoms. The number of carbonyl (C=O) groups is 2. The molecule has 0 aliphatic carbocycles. The van der Waals surface area contributed by atoms with Crippen LogP contribution in [0.5, 0.6) is 0 Å². The molecular weight excluding hydrogens is 584 g/mol. The summed E-state index contributed by atoms with van der Waals surface area (Å²) in [5, 5.41) is 0. The number of esters is 2. The van der Waals surface area contributed by atoms with Crippen molar-refractivity contribution in [1.29, 1.82) is 0 Å². The first kappa shape index (κ1) is 33.6. The number of sulfonamides is 2. The summed E-state index contributed by atoms with van der Waals surface area (Å²) in [6.45, 7) is 9.41. The molecule has 0 atom stereocenters. The Labute approximate surface area is 248 Å². The molecule has 1 saturated heterocycles. The normalized spacial score (nSPS) is 14.9. The van der Waals surface area contributed by atoms with E-state index in [0.717, 1.165) is 39.3 Å². The minimum Gasteiger partial charge on any atom is -0.462 e. The second-order valence-corrected chi connectivity index (χ2v) is 13.2. The standard InChI is InChI=1S/C28H40N4O8S2/c1-3-39-27(33)23-7-11-25(12-8-23)41(35,36)29-15-5-17-31-19-21-32(22-20-31)18-6-16-30-42(37,38)26-13-9-24(10-14-26)28(34)40-4-2/h7-14,29-30H,3-6,15-22H2,1-2H3. The van der Waals surface area contributed by atoms with Gasteiger partial charge < -0.3 is 19.3 Å². The van der Waals surface area contributed by atoms with Crippen molar-refractivity contribution in [3.8, 4) is 0 Å². The van der Waals surface area contributed by atoms with Crippen molar-refractivity contribution in [1.82, 2.24) is 19.2 Å². The monoisotopic (exact) mass is 624 g/mol. The molecule has 0 unspecified atom stereocenters. The topological polar surface area (TPSA) is 151 Å². The summed E-state index contributed by atoms with van der Waals surface area (Å²) in [6, 6.07) is 11.3. The Hall–Kier alpha value is -2.88. The van der Waals surface area contributed by atoms with Crippen LogP contribution >= 0.6 is 0 Å². The van der Waals surface area contributed by atoms with Gasteiger partial charge >= 0.3 is 11.9 Å². The van der Waals surface area contributed by atoms with Crippen LogP contribution in [-0.2, 0) is 29.5 Å². The van der Waals surface area contributed by atoms with E-state index in [9.17, 15) is 26.4 Å². The Morgan fingerprint density at radius 1 is 0.643 bits per heavy atom. The molecule has 1 aliphatic heterocycles. The van der Waals surface area contributed by atoms with Crippen LogP contribution in [0.3, 0.4) is 0 Å². The Balaban J connectivity index is 1.30. The van der Waals surface area contributed by atoms with Crippen LogP contribution in [0.2, 0.25) is 0 Å². The summed E-state index contributed by atoms with van der Waals surface area (Å²) in [7, 11) is -7.34. The van der Waals surface area contributed by atoms with Crippen molar-refractivity contribution < 1.29 is 35.9 Å². The molecule has 42 heavy (non-hydrogen) atoms. The molecule has 2 N–H and O–H groups in total. The number of hydrogen-bond acceptors (Lipinski definition) is 10. The zero-order valence-corrected chi connectivity index (χ0v) is 25.7. The predicted molar refractivity (Wildman–Crippen MR) is 157 cm³/mol. The first-order valence-corrected chi connectivity index (χ1v) is 17.0. The fourth-order valence-corrected chi connectivity index (χ4v) is 6.54. The molecule has 2 aromatic carbocycles. The van der Waals surface area contributed by atoms with E-state index in [4.69, 9.17) is 9.47 Å². The number of nitrogens with zero attached hydrogens (tertiary/aromatic N) is 2. The summed E-state index contributed by atoms with van der Waals surface area (Å²) >= 11 is 0. The molecule has 1 heterocycles. The molecular formula is C28H40N4O8S2. The third-order valence-electron chi connectivity index (χ3n) is 6.70. The van der Waals surface area contributed by atoms with Crippen LogP contribution in [0, 0.1) is 0 Å². The average molecular weight is 625 g/mol. The number of carbonyl (C=O) groups excluding carboxylic acids is 2. The molecule has 232 valence electrons. The summed E-state index contributed by atoms with van der Waals surface area (Å²) in [5.74, 6) is -0.981. The third-order valence-corrected chi connectivity index (χ3v) is 9.66. The van der Waals surface area contributed by atoms with E-state index in [0.29, 0.717) is 37.1 Å². The van der Waals surface area contributed by atoms with Crippen molar-refractivity contribution in [3.63, 3.8) is 0 Å². The Morgan fingerprint density at radius 3 is 1.29 bits per heavy atom. The smallest absolute Gasteiger partial charge is 0.338 e. The summed E-state index contributed by atoms with van der Waals surface area (Å²) in [6.07, 6.45) is 1.31. The van der Waals surface area contributed by atoms with Gasteiger partial charge in [0.1, 0.15) is 0 Å². The van der Waals surface area contributed by atoms with Crippen molar-refractivity contribution in [2.24, 2.45) is 0 Å². The fraction of sp³-hybridized carbons (Fsp3) is 0.500. The maximum atomic E-state index is 12.6. The van der Waals surface area contributed by atoms with Crippen LogP contribution in [0.25, 0.3) is 0 Å². The molecule has 1 aliphatic rings. The first-order valence-electron chi connectivity index (χ1n) is 14.0. The van der Waals surface area contributed by atoms with Crippen LogP contribution in [0.15, 0.2) is 58.3 Å². The second kappa shape index (κ2) is 16.1. The van der Waals surface area contributed by atoms with Gasteiger partial charge in [-0.25, -0.2) is 35.9 Å². The number of benzene rings is 2. The van der Waals surface area contributed by atoms with E-state index in [2.05, 4.69) is 19.2 Å². The van der Waals surface area contributed by atoms with E-state index in [1.165, 1.54) is 48.5 Å². The lowest BCUT2D eigenvalue weighted by Crippen LogP contribution is -2.47. The highest BCUT2D eigenvalue weighted by atomic mass is 32.2. The summed E-state index contributed by atoms with van der Waals surface area (Å²) < 4.78 is 65.3. The quantitative estimate of drug-likeness (QED) is 0.209. The first-order chi connectivity index (χ1) is 20.1. The Bertz CT molecular complexity index is 1270. The van der Waals surface area contributed by atoms with Crippen molar-refractivity contribution in [2.45, 2.75) is 36.5 Å². The molecule has 0 amide bonds. The molecule has 0 aromatic heterocycles. The second-order valence-electron chi connectivity index (χ2n) is 9.68. The highest BCUT2D eigenvalue weighted by Gasteiger charge is 2.19.